The second-order valence-electron chi connectivity index (χ2n) is 4.68. The van der Waals surface area contributed by atoms with Crippen molar-refractivity contribution in [2.75, 3.05) is 6.79 Å². The van der Waals surface area contributed by atoms with Crippen LogP contribution in [0.5, 0.6) is 11.5 Å². The van der Waals surface area contributed by atoms with E-state index < -0.39 is 0 Å². The van der Waals surface area contributed by atoms with E-state index in [0.717, 1.165) is 22.4 Å². The van der Waals surface area contributed by atoms with Gasteiger partial charge in [0.15, 0.2) is 11.5 Å². The Labute approximate surface area is 118 Å². The summed E-state index contributed by atoms with van der Waals surface area (Å²) in [5.74, 6) is 4.14. The highest BCUT2D eigenvalue weighted by Gasteiger charge is 2.15. The second-order valence-corrected chi connectivity index (χ2v) is 4.68. The Balaban J connectivity index is 1.94. The zero-order valence-corrected chi connectivity index (χ0v) is 11.2. The van der Waals surface area contributed by atoms with Gasteiger partial charge in [-0.25, -0.2) is 0 Å². The molecular formula is C18H14O2. The van der Waals surface area contributed by atoms with Crippen molar-refractivity contribution in [1.29, 1.82) is 0 Å². The maximum atomic E-state index is 5.55. The molecule has 0 fully saturated rings. The number of hydrogen-bond acceptors (Lipinski definition) is 2. The summed E-state index contributed by atoms with van der Waals surface area (Å²) < 4.78 is 10.7. The summed E-state index contributed by atoms with van der Waals surface area (Å²) in [4.78, 5) is 0. The van der Waals surface area contributed by atoms with Crippen LogP contribution >= 0.6 is 0 Å². The predicted octanol–water partition coefficient (Wildman–Crippen LogP) is 3.88. The third-order valence-electron chi connectivity index (χ3n) is 3.23. The Kier molecular flexibility index (Phi) is 3.18. The number of rotatable bonds is 2. The minimum atomic E-state index is 0.254. The lowest BCUT2D eigenvalue weighted by atomic mass is 10.0. The minimum Gasteiger partial charge on any atom is -0.454 e. The molecule has 0 unspecified atom stereocenters. The monoisotopic (exact) mass is 262 g/mol. The van der Waals surface area contributed by atoms with Crippen LogP contribution in [0.2, 0.25) is 0 Å². The Morgan fingerprint density at radius 1 is 1.05 bits per heavy atom. The van der Waals surface area contributed by atoms with Crippen LogP contribution in [0.15, 0.2) is 36.4 Å². The highest BCUT2D eigenvalue weighted by Crippen LogP contribution is 2.35. The van der Waals surface area contributed by atoms with Gasteiger partial charge in [-0.2, -0.15) is 0 Å². The van der Waals surface area contributed by atoms with E-state index in [-0.39, 0.29) is 6.79 Å². The average Bonchev–Trinajstić information content (AvgIpc) is 2.92. The van der Waals surface area contributed by atoms with Gasteiger partial charge in [-0.1, -0.05) is 47.9 Å². The van der Waals surface area contributed by atoms with Crippen molar-refractivity contribution in [1.82, 2.24) is 0 Å². The van der Waals surface area contributed by atoms with Gasteiger partial charge >= 0.3 is 0 Å². The maximum Gasteiger partial charge on any atom is 0.231 e. The molecule has 0 saturated carbocycles. The van der Waals surface area contributed by atoms with Gasteiger partial charge in [-0.15, -0.1) is 6.42 Å². The SMILES string of the molecule is C#Cc1cc2c(cc1/C=C/c1ccc(C)cc1)OCO2. The largest absolute Gasteiger partial charge is 0.454 e. The van der Waals surface area contributed by atoms with Crippen LogP contribution in [0.25, 0.3) is 12.2 Å². The van der Waals surface area contributed by atoms with Crippen LogP contribution in [-0.4, -0.2) is 6.79 Å². The van der Waals surface area contributed by atoms with Gasteiger partial charge in [0.2, 0.25) is 6.79 Å². The first-order valence-corrected chi connectivity index (χ1v) is 6.41. The molecule has 0 spiro atoms. The molecule has 0 radical (unpaired) electrons. The lowest BCUT2D eigenvalue weighted by molar-refractivity contribution is 0.174. The molecule has 0 aromatic heterocycles. The molecule has 2 aromatic carbocycles. The van der Waals surface area contributed by atoms with E-state index >= 15 is 0 Å². The van der Waals surface area contributed by atoms with Gasteiger partial charge in [0.05, 0.1) is 0 Å². The van der Waals surface area contributed by atoms with E-state index in [1.54, 1.807) is 0 Å². The summed E-state index contributed by atoms with van der Waals surface area (Å²) in [6, 6.07) is 12.1. The van der Waals surface area contributed by atoms with Gasteiger partial charge in [0, 0.05) is 11.6 Å². The Morgan fingerprint density at radius 2 is 1.75 bits per heavy atom. The summed E-state index contributed by atoms with van der Waals surface area (Å²) in [5.41, 5.74) is 4.14. The molecule has 0 atom stereocenters. The summed E-state index contributed by atoms with van der Waals surface area (Å²) in [5, 5.41) is 0. The van der Waals surface area contributed by atoms with Crippen LogP contribution in [0, 0.1) is 19.3 Å². The standard InChI is InChI=1S/C18H14O2/c1-3-15-10-17-18(20-12-19-17)11-16(15)9-8-14-6-4-13(2)5-7-14/h1,4-11H,12H2,2H3/b9-8+. The number of fused-ring (bicyclic) bond motifs is 1. The first-order chi connectivity index (χ1) is 9.76. The lowest BCUT2D eigenvalue weighted by Crippen LogP contribution is -1.92. The Hall–Kier alpha value is -2.66. The van der Waals surface area contributed by atoms with Crippen molar-refractivity contribution in [3.8, 4) is 23.8 Å². The molecular weight excluding hydrogens is 248 g/mol. The molecule has 2 nitrogen and oxygen atoms in total. The first kappa shape index (κ1) is 12.4. The number of ether oxygens (including phenoxy) is 2. The van der Waals surface area contributed by atoms with E-state index in [1.165, 1.54) is 5.56 Å². The van der Waals surface area contributed by atoms with E-state index in [1.807, 2.05) is 24.3 Å². The quantitative estimate of drug-likeness (QED) is 0.604. The molecule has 20 heavy (non-hydrogen) atoms. The summed E-state index contributed by atoms with van der Waals surface area (Å²) >= 11 is 0. The molecule has 0 amide bonds. The fourth-order valence-corrected chi connectivity index (χ4v) is 2.08. The van der Waals surface area contributed by atoms with Gasteiger partial charge in [0.25, 0.3) is 0 Å². The van der Waals surface area contributed by atoms with Crippen molar-refractivity contribution in [3.63, 3.8) is 0 Å². The van der Waals surface area contributed by atoms with E-state index in [0.29, 0.717) is 5.75 Å². The summed E-state index contributed by atoms with van der Waals surface area (Å²) in [6.07, 6.45) is 9.59. The predicted molar refractivity (Wildman–Crippen MR) is 80.6 cm³/mol. The number of aryl methyl sites for hydroxylation is 1. The van der Waals surface area contributed by atoms with Crippen molar-refractivity contribution in [2.45, 2.75) is 6.92 Å². The molecule has 0 N–H and O–H groups in total. The normalized spacial score (nSPS) is 12.6. The smallest absolute Gasteiger partial charge is 0.231 e. The Morgan fingerprint density at radius 3 is 2.45 bits per heavy atom. The van der Waals surface area contributed by atoms with E-state index in [9.17, 15) is 0 Å². The zero-order valence-electron chi connectivity index (χ0n) is 11.2. The fourth-order valence-electron chi connectivity index (χ4n) is 2.08. The molecule has 0 saturated heterocycles. The molecule has 3 rings (SSSR count). The molecule has 1 aliphatic rings. The second kappa shape index (κ2) is 5.14. The van der Waals surface area contributed by atoms with Crippen molar-refractivity contribution < 1.29 is 9.47 Å². The Bertz CT molecular complexity index is 703. The van der Waals surface area contributed by atoms with Crippen LogP contribution in [-0.2, 0) is 0 Å². The highest BCUT2D eigenvalue weighted by molar-refractivity contribution is 5.75. The van der Waals surface area contributed by atoms with Crippen LogP contribution in [0.3, 0.4) is 0 Å². The van der Waals surface area contributed by atoms with Crippen LogP contribution in [0.1, 0.15) is 22.3 Å². The zero-order chi connectivity index (χ0) is 13.9. The maximum absolute atomic E-state index is 5.55. The highest BCUT2D eigenvalue weighted by atomic mass is 16.7. The van der Waals surface area contributed by atoms with Crippen molar-refractivity contribution in [2.24, 2.45) is 0 Å². The molecule has 1 heterocycles. The van der Waals surface area contributed by atoms with Gasteiger partial charge < -0.3 is 9.47 Å². The van der Waals surface area contributed by atoms with Crippen LogP contribution in [0.4, 0.5) is 0 Å². The molecule has 2 heteroatoms. The van der Waals surface area contributed by atoms with Gasteiger partial charge in [0.1, 0.15) is 0 Å². The van der Waals surface area contributed by atoms with Gasteiger partial charge in [-0.05, 0) is 24.1 Å². The van der Waals surface area contributed by atoms with Crippen molar-refractivity contribution >= 4 is 12.2 Å². The number of terminal acetylenes is 1. The third kappa shape index (κ3) is 2.39. The van der Waals surface area contributed by atoms with Crippen molar-refractivity contribution in [3.05, 3.63) is 58.7 Å². The number of benzene rings is 2. The lowest BCUT2D eigenvalue weighted by Gasteiger charge is -2.02. The first-order valence-electron chi connectivity index (χ1n) is 6.41. The average molecular weight is 262 g/mol. The van der Waals surface area contributed by atoms with E-state index in [4.69, 9.17) is 15.9 Å². The molecule has 2 aromatic rings. The van der Waals surface area contributed by atoms with Crippen LogP contribution < -0.4 is 9.47 Å². The molecule has 0 aliphatic carbocycles. The molecule has 1 aliphatic heterocycles. The minimum absolute atomic E-state index is 0.254. The summed E-state index contributed by atoms with van der Waals surface area (Å²) in [7, 11) is 0. The molecule has 98 valence electrons. The summed E-state index contributed by atoms with van der Waals surface area (Å²) in [6.45, 7) is 2.33. The topological polar surface area (TPSA) is 18.5 Å². The van der Waals surface area contributed by atoms with E-state index in [2.05, 4.69) is 37.1 Å². The molecule has 0 bridgehead atoms. The number of hydrogen-bond donors (Lipinski definition) is 0. The fraction of sp³-hybridized carbons (Fsp3) is 0.111. The van der Waals surface area contributed by atoms with Gasteiger partial charge in [-0.3, -0.25) is 0 Å². The third-order valence-corrected chi connectivity index (χ3v) is 3.23.